The topological polar surface area (TPSA) is 132 Å². The molecule has 2 heterocycles. The van der Waals surface area contributed by atoms with Crippen LogP contribution in [-0.2, 0) is 14.6 Å². The Kier molecular flexibility index (Phi) is 6.50. The lowest BCUT2D eigenvalue weighted by molar-refractivity contribution is -0.117. The second-order valence-electron chi connectivity index (χ2n) is 8.37. The smallest absolute Gasteiger partial charge is 0.265 e. The maximum absolute atomic E-state index is 14.8. The lowest BCUT2D eigenvalue weighted by Gasteiger charge is -2.26. The van der Waals surface area contributed by atoms with Crippen molar-refractivity contribution in [3.8, 4) is 11.6 Å². The molecule has 3 amide bonds. The molecule has 186 valence electrons. The average molecular weight is 506 g/mol. The van der Waals surface area contributed by atoms with Gasteiger partial charge in [0.25, 0.3) is 17.7 Å². The molecule has 1 N–H and O–H groups in total. The number of nitrogens with zero attached hydrogens (tertiary/aromatic N) is 2. The Morgan fingerprint density at radius 3 is 2.49 bits per heavy atom. The normalized spacial score (nSPS) is 16.2. The number of nitrogens with one attached hydrogen (secondary N) is 1. The average Bonchev–Trinajstić information content (AvgIpc) is 3.60. The fourth-order valence-corrected chi connectivity index (χ4v) is 4.80. The van der Waals surface area contributed by atoms with Gasteiger partial charge in [0.1, 0.15) is 15.7 Å². The highest BCUT2D eigenvalue weighted by Crippen LogP contribution is 2.39. The summed E-state index contributed by atoms with van der Waals surface area (Å²) < 4.78 is 50.0. The molecule has 4 rings (SSSR count). The first-order chi connectivity index (χ1) is 16.6. The van der Waals surface area contributed by atoms with E-state index in [0.29, 0.717) is 17.7 Å². The van der Waals surface area contributed by atoms with E-state index in [9.17, 15) is 27.2 Å². The SMILES string of the molecule is CCOc1nc([C@H](CS(C)(=O)=O)N2C(=O)c3c(F)ccc(NC(=O)C4CC4)c3C2=O)ccc1OC. The number of amides is 3. The Bertz CT molecular complexity index is 1320. The van der Waals surface area contributed by atoms with Crippen molar-refractivity contribution >= 4 is 33.2 Å². The molecule has 12 heteroatoms. The zero-order valence-corrected chi connectivity index (χ0v) is 20.1. The lowest BCUT2D eigenvalue weighted by Crippen LogP contribution is -2.38. The number of benzene rings is 1. The number of sulfone groups is 1. The summed E-state index contributed by atoms with van der Waals surface area (Å²) in [6, 6.07) is 3.71. The van der Waals surface area contributed by atoms with E-state index in [2.05, 4.69) is 10.3 Å². The number of halogens is 1. The van der Waals surface area contributed by atoms with Gasteiger partial charge in [0.2, 0.25) is 5.91 Å². The minimum absolute atomic E-state index is 0.00467. The minimum atomic E-state index is -3.75. The van der Waals surface area contributed by atoms with Gasteiger partial charge < -0.3 is 14.8 Å². The Morgan fingerprint density at radius 2 is 1.89 bits per heavy atom. The molecular weight excluding hydrogens is 481 g/mol. The van der Waals surface area contributed by atoms with Crippen LogP contribution in [0.3, 0.4) is 0 Å². The Hall–Kier alpha value is -3.54. The summed E-state index contributed by atoms with van der Waals surface area (Å²) in [7, 11) is -2.35. The number of imide groups is 1. The van der Waals surface area contributed by atoms with Gasteiger partial charge >= 0.3 is 0 Å². The number of methoxy groups -OCH3 is 1. The van der Waals surface area contributed by atoms with Gasteiger partial charge in [-0.1, -0.05) is 0 Å². The second-order valence-corrected chi connectivity index (χ2v) is 10.6. The number of hydrogen-bond acceptors (Lipinski definition) is 8. The van der Waals surface area contributed by atoms with Gasteiger partial charge in [0, 0.05) is 12.2 Å². The third kappa shape index (κ3) is 4.83. The van der Waals surface area contributed by atoms with E-state index < -0.39 is 44.8 Å². The maximum atomic E-state index is 14.8. The number of fused-ring (bicyclic) bond motifs is 1. The third-order valence-corrected chi connectivity index (χ3v) is 6.61. The van der Waals surface area contributed by atoms with Gasteiger partial charge in [-0.15, -0.1) is 0 Å². The first kappa shape index (κ1) is 24.6. The van der Waals surface area contributed by atoms with Crippen LogP contribution < -0.4 is 14.8 Å². The van der Waals surface area contributed by atoms with Crippen LogP contribution in [0.4, 0.5) is 10.1 Å². The molecule has 2 aliphatic rings. The summed E-state index contributed by atoms with van der Waals surface area (Å²) >= 11 is 0. The van der Waals surface area contributed by atoms with Gasteiger partial charge in [-0.3, -0.25) is 19.3 Å². The van der Waals surface area contributed by atoms with Gasteiger partial charge in [0.15, 0.2) is 5.75 Å². The quantitative estimate of drug-likeness (QED) is 0.514. The van der Waals surface area contributed by atoms with E-state index in [1.165, 1.54) is 25.3 Å². The molecule has 1 aliphatic carbocycles. The summed E-state index contributed by atoms with van der Waals surface area (Å²) in [6.45, 7) is 1.94. The number of pyridine rings is 1. The predicted octanol–water partition coefficient (Wildman–Crippen LogP) is 2.36. The van der Waals surface area contributed by atoms with Crippen LogP contribution >= 0.6 is 0 Å². The van der Waals surface area contributed by atoms with Crippen molar-refractivity contribution in [2.75, 3.05) is 31.0 Å². The van der Waals surface area contributed by atoms with Crippen molar-refractivity contribution in [2.45, 2.75) is 25.8 Å². The number of anilines is 1. The number of rotatable bonds is 9. The Labute approximate surface area is 201 Å². The first-order valence-electron chi connectivity index (χ1n) is 10.9. The number of ether oxygens (including phenoxy) is 2. The molecule has 1 aromatic carbocycles. The van der Waals surface area contributed by atoms with Crippen molar-refractivity contribution in [3.63, 3.8) is 0 Å². The standard InChI is InChI=1S/C23H24FN3O7S/c1-4-34-21-17(33-2)10-9-14(26-21)16(11-35(3,31)32)27-22(29)18-13(24)7-8-15(19(18)23(27)30)25-20(28)12-5-6-12/h7-10,12,16H,4-6,11H2,1-3H3,(H,25,28)/t16-/m0/s1. The van der Waals surface area contributed by atoms with Crippen LogP contribution in [0.5, 0.6) is 11.6 Å². The molecule has 0 bridgehead atoms. The van der Waals surface area contributed by atoms with Crippen molar-refractivity contribution in [2.24, 2.45) is 5.92 Å². The van der Waals surface area contributed by atoms with E-state index in [1.807, 2.05) is 0 Å². The second kappa shape index (κ2) is 9.25. The molecule has 2 aromatic rings. The third-order valence-electron chi connectivity index (χ3n) is 5.69. The number of hydrogen-bond donors (Lipinski definition) is 1. The van der Waals surface area contributed by atoms with Crippen LogP contribution in [0.2, 0.25) is 0 Å². The van der Waals surface area contributed by atoms with Gasteiger partial charge in [-0.05, 0) is 44.0 Å². The summed E-state index contributed by atoms with van der Waals surface area (Å²) in [5, 5.41) is 2.60. The van der Waals surface area contributed by atoms with Crippen molar-refractivity contribution in [1.82, 2.24) is 9.88 Å². The highest BCUT2D eigenvalue weighted by molar-refractivity contribution is 7.90. The van der Waals surface area contributed by atoms with Gasteiger partial charge in [0.05, 0.1) is 48.0 Å². The number of aromatic nitrogens is 1. The molecule has 10 nitrogen and oxygen atoms in total. The largest absolute Gasteiger partial charge is 0.491 e. The van der Waals surface area contributed by atoms with E-state index in [4.69, 9.17) is 9.47 Å². The summed E-state index contributed by atoms with van der Waals surface area (Å²) in [5.74, 6) is -3.77. The number of carbonyl (C=O) groups excluding carboxylic acids is 3. The molecule has 1 fully saturated rings. The maximum Gasteiger partial charge on any atom is 0.265 e. The van der Waals surface area contributed by atoms with Crippen molar-refractivity contribution < 1.29 is 36.7 Å². The summed E-state index contributed by atoms with van der Waals surface area (Å²) in [5.41, 5.74) is -0.810. The molecular formula is C23H24FN3O7S. The molecule has 0 spiro atoms. The fraction of sp³-hybridized carbons (Fsp3) is 0.391. The van der Waals surface area contributed by atoms with Crippen LogP contribution in [0, 0.1) is 11.7 Å². The van der Waals surface area contributed by atoms with Crippen LogP contribution in [0.1, 0.15) is 52.2 Å². The van der Waals surface area contributed by atoms with Crippen molar-refractivity contribution in [3.05, 3.63) is 46.9 Å². The van der Waals surface area contributed by atoms with Crippen molar-refractivity contribution in [1.29, 1.82) is 0 Å². The fourth-order valence-electron chi connectivity index (χ4n) is 3.91. The Morgan fingerprint density at radius 1 is 1.20 bits per heavy atom. The molecule has 1 aromatic heterocycles. The molecule has 0 radical (unpaired) electrons. The number of carbonyl (C=O) groups is 3. The summed E-state index contributed by atoms with van der Waals surface area (Å²) in [6.07, 6.45) is 2.36. The summed E-state index contributed by atoms with van der Waals surface area (Å²) in [4.78, 5) is 44.1. The zero-order chi connectivity index (χ0) is 25.5. The van der Waals surface area contributed by atoms with Gasteiger partial charge in [-0.2, -0.15) is 0 Å². The monoisotopic (exact) mass is 505 g/mol. The molecule has 1 saturated carbocycles. The Balaban J connectivity index is 1.80. The van der Waals surface area contributed by atoms with Gasteiger partial charge in [-0.25, -0.2) is 17.8 Å². The highest BCUT2D eigenvalue weighted by Gasteiger charge is 2.46. The van der Waals surface area contributed by atoms with Crippen LogP contribution in [-0.4, -0.2) is 61.7 Å². The van der Waals surface area contributed by atoms with Crippen LogP contribution in [0.15, 0.2) is 24.3 Å². The molecule has 35 heavy (non-hydrogen) atoms. The van der Waals surface area contributed by atoms with E-state index >= 15 is 0 Å². The molecule has 1 aliphatic heterocycles. The van der Waals surface area contributed by atoms with Crippen LogP contribution in [0.25, 0.3) is 0 Å². The minimum Gasteiger partial charge on any atom is -0.491 e. The van der Waals surface area contributed by atoms with E-state index in [0.717, 1.165) is 12.3 Å². The molecule has 1 atom stereocenters. The highest BCUT2D eigenvalue weighted by atomic mass is 32.2. The van der Waals surface area contributed by atoms with E-state index in [1.54, 1.807) is 6.92 Å². The molecule has 0 saturated heterocycles. The molecule has 0 unspecified atom stereocenters. The first-order valence-corrected chi connectivity index (χ1v) is 13.0. The zero-order valence-electron chi connectivity index (χ0n) is 19.3. The van der Waals surface area contributed by atoms with E-state index in [-0.39, 0.29) is 47.0 Å². The predicted molar refractivity (Wildman–Crippen MR) is 123 cm³/mol. The lowest BCUT2D eigenvalue weighted by atomic mass is 10.1.